The molecular weight excluding hydrogens is 450 g/mol. The molecule has 1 N–H and O–H groups in total. The average molecular weight is 488 g/mol. The molecule has 2 aliphatic rings. The minimum absolute atomic E-state index is 0.0867. The molecule has 0 bridgehead atoms. The number of aryl methyl sites for hydroxylation is 1. The van der Waals surface area contributed by atoms with Gasteiger partial charge in [0.1, 0.15) is 17.0 Å². The second kappa shape index (κ2) is 10.00. The number of amides is 2. The summed E-state index contributed by atoms with van der Waals surface area (Å²) in [5, 5.41) is 4.33. The second-order valence-electron chi connectivity index (χ2n) is 10.5. The lowest BCUT2D eigenvalue weighted by Gasteiger charge is -2.44. The highest BCUT2D eigenvalue weighted by Gasteiger charge is 2.49. The van der Waals surface area contributed by atoms with Crippen molar-refractivity contribution in [2.24, 2.45) is 0 Å². The number of nitrogens with one attached hydrogen (secondary N) is 1. The van der Waals surface area contributed by atoms with Crippen molar-refractivity contribution in [3.05, 3.63) is 59.8 Å². The number of anilines is 1. The largest absolute Gasteiger partial charge is 0.497 e. The fourth-order valence-corrected chi connectivity index (χ4v) is 5.82. The molecule has 1 aliphatic heterocycles. The molecular formula is C30H37N3O3. The highest BCUT2D eigenvalue weighted by Crippen LogP contribution is 2.37. The van der Waals surface area contributed by atoms with Crippen molar-refractivity contribution >= 4 is 28.4 Å². The predicted octanol–water partition coefficient (Wildman–Crippen LogP) is 5.86. The van der Waals surface area contributed by atoms with Gasteiger partial charge < -0.3 is 14.6 Å². The van der Waals surface area contributed by atoms with Gasteiger partial charge in [-0.3, -0.25) is 14.5 Å². The van der Waals surface area contributed by atoms with Crippen molar-refractivity contribution < 1.29 is 14.3 Å². The normalized spacial score (nSPS) is 21.1. The molecule has 1 fully saturated rings. The molecule has 0 radical (unpaired) electrons. The molecule has 1 atom stereocenters. The number of carbonyl (C=O) groups is 2. The molecule has 36 heavy (non-hydrogen) atoms. The lowest BCUT2D eigenvalue weighted by Crippen LogP contribution is -2.65. The van der Waals surface area contributed by atoms with E-state index in [9.17, 15) is 9.59 Å². The van der Waals surface area contributed by atoms with Crippen LogP contribution < -0.4 is 15.0 Å². The fraction of sp³-hybridized carbons (Fsp3) is 0.467. The van der Waals surface area contributed by atoms with E-state index >= 15 is 0 Å². The van der Waals surface area contributed by atoms with Crippen LogP contribution in [-0.2, 0) is 17.8 Å². The van der Waals surface area contributed by atoms with Gasteiger partial charge in [0.05, 0.1) is 19.2 Å². The van der Waals surface area contributed by atoms with E-state index in [1.165, 1.54) is 24.8 Å². The summed E-state index contributed by atoms with van der Waals surface area (Å²) in [5.74, 6) is 0.487. The minimum Gasteiger partial charge on any atom is -0.497 e. The maximum absolute atomic E-state index is 14.1. The number of carbonyl (C=O) groups excluding carboxylic acids is 2. The van der Waals surface area contributed by atoms with Gasteiger partial charge in [0, 0.05) is 23.2 Å². The van der Waals surface area contributed by atoms with Crippen LogP contribution >= 0.6 is 0 Å². The lowest BCUT2D eigenvalue weighted by molar-refractivity contribution is -0.127. The Morgan fingerprint density at radius 2 is 1.72 bits per heavy atom. The fourth-order valence-electron chi connectivity index (χ4n) is 5.82. The first-order valence-electron chi connectivity index (χ1n) is 13.4. The van der Waals surface area contributed by atoms with Gasteiger partial charge in [-0.05, 0) is 62.1 Å². The first kappa shape index (κ1) is 24.4. The van der Waals surface area contributed by atoms with Crippen molar-refractivity contribution in [3.63, 3.8) is 0 Å². The summed E-state index contributed by atoms with van der Waals surface area (Å²) < 4.78 is 7.45. The van der Waals surface area contributed by atoms with E-state index < -0.39 is 5.54 Å². The molecule has 2 heterocycles. The van der Waals surface area contributed by atoms with Crippen molar-refractivity contribution in [1.82, 2.24) is 9.88 Å². The monoisotopic (exact) mass is 487 g/mol. The van der Waals surface area contributed by atoms with Crippen LogP contribution in [0.15, 0.2) is 48.5 Å². The molecule has 1 saturated carbocycles. The van der Waals surface area contributed by atoms with Crippen LogP contribution in [0.3, 0.4) is 0 Å². The van der Waals surface area contributed by atoms with Crippen molar-refractivity contribution in [1.29, 1.82) is 0 Å². The smallest absolute Gasteiger partial charge is 0.275 e. The molecule has 0 unspecified atom stereocenters. The van der Waals surface area contributed by atoms with E-state index in [0.717, 1.165) is 54.4 Å². The number of rotatable bonds is 5. The quantitative estimate of drug-likeness (QED) is 0.490. The van der Waals surface area contributed by atoms with Crippen LogP contribution in [0.1, 0.15) is 74.8 Å². The Morgan fingerprint density at radius 3 is 2.39 bits per heavy atom. The Hall–Kier alpha value is -3.28. The number of benzene rings is 2. The zero-order valence-electron chi connectivity index (χ0n) is 21.7. The van der Waals surface area contributed by atoms with Crippen LogP contribution in [0.25, 0.3) is 10.9 Å². The van der Waals surface area contributed by atoms with Gasteiger partial charge in [0.25, 0.3) is 5.91 Å². The lowest BCUT2D eigenvalue weighted by atomic mass is 9.91. The second-order valence-corrected chi connectivity index (χ2v) is 10.5. The molecule has 6 heteroatoms. The Morgan fingerprint density at radius 1 is 1.03 bits per heavy atom. The standard InChI is InChI=1S/C30H37N3O3/c1-4-21-12-15-24(16-13-21)33-28(34)27-18-22-14-17-25(36-3)19-26(22)32(27)20-30(33,2)29(35)31-23-10-8-6-5-7-9-11-23/h12-19,23H,4-11,20H2,1-3H3,(H,31,35)/t30-/m0/s1. The number of nitrogens with zero attached hydrogens (tertiary/aromatic N) is 2. The Bertz CT molecular complexity index is 1250. The molecule has 2 amide bonds. The number of hydrogen-bond acceptors (Lipinski definition) is 3. The summed E-state index contributed by atoms with van der Waals surface area (Å²) in [6, 6.07) is 15.9. The summed E-state index contributed by atoms with van der Waals surface area (Å²) in [4.78, 5) is 29.9. The van der Waals surface area contributed by atoms with E-state index in [-0.39, 0.29) is 17.9 Å². The first-order chi connectivity index (χ1) is 17.4. The highest BCUT2D eigenvalue weighted by atomic mass is 16.5. The molecule has 1 aliphatic carbocycles. The van der Waals surface area contributed by atoms with Crippen molar-refractivity contribution in [3.8, 4) is 5.75 Å². The Kier molecular flexibility index (Phi) is 6.78. The third kappa shape index (κ3) is 4.38. The zero-order chi connectivity index (χ0) is 25.3. The van der Waals surface area contributed by atoms with Crippen LogP contribution in [0.4, 0.5) is 5.69 Å². The predicted molar refractivity (Wildman–Crippen MR) is 144 cm³/mol. The molecule has 3 aromatic rings. The molecule has 5 rings (SSSR count). The number of ether oxygens (including phenoxy) is 1. The highest BCUT2D eigenvalue weighted by molar-refractivity contribution is 6.14. The van der Waals surface area contributed by atoms with Gasteiger partial charge in [-0.15, -0.1) is 0 Å². The number of aromatic nitrogens is 1. The third-order valence-corrected chi connectivity index (χ3v) is 8.03. The number of methoxy groups -OCH3 is 1. The van der Waals surface area contributed by atoms with Crippen LogP contribution in [0, 0.1) is 0 Å². The summed E-state index contributed by atoms with van der Waals surface area (Å²) in [7, 11) is 1.64. The van der Waals surface area contributed by atoms with Crippen LogP contribution in [-0.4, -0.2) is 35.1 Å². The van der Waals surface area contributed by atoms with Crippen molar-refractivity contribution in [2.45, 2.75) is 83.3 Å². The van der Waals surface area contributed by atoms with Gasteiger partial charge in [0.2, 0.25) is 5.91 Å². The van der Waals surface area contributed by atoms with E-state index in [4.69, 9.17) is 4.74 Å². The first-order valence-corrected chi connectivity index (χ1v) is 13.4. The summed E-state index contributed by atoms with van der Waals surface area (Å²) in [5.41, 5.74) is 2.37. The summed E-state index contributed by atoms with van der Waals surface area (Å²) in [6.07, 6.45) is 8.90. The van der Waals surface area contributed by atoms with Gasteiger partial charge in [-0.2, -0.15) is 0 Å². The van der Waals surface area contributed by atoms with E-state index in [1.54, 1.807) is 12.0 Å². The van der Waals surface area contributed by atoms with Gasteiger partial charge in [-0.1, -0.05) is 51.2 Å². The topological polar surface area (TPSA) is 63.6 Å². The summed E-state index contributed by atoms with van der Waals surface area (Å²) in [6.45, 7) is 4.39. The molecule has 190 valence electrons. The van der Waals surface area contributed by atoms with E-state index in [0.29, 0.717) is 12.2 Å². The SMILES string of the molecule is CCc1ccc(N2C(=O)c3cc4ccc(OC)cc4n3C[C@@]2(C)C(=O)NC2CCCCCCC2)cc1. The number of hydrogen-bond donors (Lipinski definition) is 1. The third-order valence-electron chi connectivity index (χ3n) is 8.03. The maximum Gasteiger partial charge on any atom is 0.275 e. The maximum atomic E-state index is 14.1. The molecule has 0 spiro atoms. The number of fused-ring (bicyclic) bond motifs is 3. The average Bonchev–Trinajstić information content (AvgIpc) is 3.23. The van der Waals surface area contributed by atoms with Gasteiger partial charge >= 0.3 is 0 Å². The molecule has 1 aromatic heterocycles. The van der Waals surface area contributed by atoms with Crippen molar-refractivity contribution in [2.75, 3.05) is 12.0 Å². The molecule has 0 saturated heterocycles. The molecule has 6 nitrogen and oxygen atoms in total. The zero-order valence-corrected chi connectivity index (χ0v) is 21.7. The molecule has 2 aromatic carbocycles. The Balaban J connectivity index is 1.57. The van der Waals surface area contributed by atoms with Crippen LogP contribution in [0.5, 0.6) is 5.75 Å². The Labute approximate surface area is 213 Å². The summed E-state index contributed by atoms with van der Waals surface area (Å²) >= 11 is 0. The van der Waals surface area contributed by atoms with E-state index in [2.05, 4.69) is 12.2 Å². The van der Waals surface area contributed by atoms with Gasteiger partial charge in [-0.25, -0.2) is 0 Å². The van der Waals surface area contributed by atoms with E-state index in [1.807, 2.05) is 60.0 Å². The van der Waals surface area contributed by atoms with Crippen LogP contribution in [0.2, 0.25) is 0 Å². The van der Waals surface area contributed by atoms with Gasteiger partial charge in [0.15, 0.2) is 0 Å². The minimum atomic E-state index is -1.07.